The van der Waals surface area contributed by atoms with Gasteiger partial charge in [-0.05, 0) is 13.3 Å². The second-order valence-corrected chi connectivity index (χ2v) is 3.93. The fourth-order valence-corrected chi connectivity index (χ4v) is 1.78. The van der Waals surface area contributed by atoms with Crippen LogP contribution < -0.4 is 0 Å². The van der Waals surface area contributed by atoms with Gasteiger partial charge in [0.05, 0.1) is 11.7 Å². The van der Waals surface area contributed by atoms with Crippen LogP contribution in [0.15, 0.2) is 0 Å². The first kappa shape index (κ1) is 10.9. The molecule has 0 bridgehead atoms. The molecule has 78 valence electrons. The van der Waals surface area contributed by atoms with Crippen molar-refractivity contribution in [2.24, 2.45) is 5.92 Å². The number of rotatable bonds is 1. The quantitative estimate of drug-likeness (QED) is 0.325. The van der Waals surface area contributed by atoms with Crippen LogP contribution >= 0.6 is 0 Å². The van der Waals surface area contributed by atoms with Gasteiger partial charge in [-0.2, -0.15) is 0 Å². The van der Waals surface area contributed by atoms with Gasteiger partial charge in [0.2, 0.25) is 0 Å². The molecule has 0 aliphatic heterocycles. The highest BCUT2D eigenvalue weighted by atomic mass is 16.4. The van der Waals surface area contributed by atoms with E-state index in [4.69, 9.17) is 5.11 Å². The van der Waals surface area contributed by atoms with Crippen molar-refractivity contribution >= 4 is 0 Å². The first-order valence-electron chi connectivity index (χ1n) is 4.27. The summed E-state index contributed by atoms with van der Waals surface area (Å²) < 4.78 is 0. The third-order valence-corrected chi connectivity index (χ3v) is 2.70. The maximum atomic E-state index is 9.60. The third kappa shape index (κ3) is 1.84. The van der Waals surface area contributed by atoms with Crippen LogP contribution in [0.5, 0.6) is 0 Å². The lowest BCUT2D eigenvalue weighted by atomic mass is 9.74. The maximum absolute atomic E-state index is 9.60. The molecule has 1 saturated carbocycles. The molecule has 5 N–H and O–H groups in total. The van der Waals surface area contributed by atoms with Gasteiger partial charge in [-0.1, -0.05) is 0 Å². The van der Waals surface area contributed by atoms with Gasteiger partial charge in [0.25, 0.3) is 0 Å². The zero-order valence-corrected chi connectivity index (χ0v) is 7.46. The fraction of sp³-hybridized carbons (Fsp3) is 1.00. The molecule has 1 aliphatic carbocycles. The van der Waals surface area contributed by atoms with Crippen molar-refractivity contribution in [2.75, 3.05) is 6.61 Å². The van der Waals surface area contributed by atoms with Crippen molar-refractivity contribution in [1.82, 2.24) is 0 Å². The van der Waals surface area contributed by atoms with E-state index in [1.165, 1.54) is 6.92 Å². The molecule has 0 spiro atoms. The van der Waals surface area contributed by atoms with E-state index in [1.807, 2.05) is 0 Å². The van der Waals surface area contributed by atoms with E-state index in [0.717, 1.165) is 0 Å². The lowest BCUT2D eigenvalue weighted by Gasteiger charge is -2.43. The largest absolute Gasteiger partial charge is 0.396 e. The maximum Gasteiger partial charge on any atom is 0.111 e. The lowest BCUT2D eigenvalue weighted by molar-refractivity contribution is -0.201. The minimum atomic E-state index is -1.45. The summed E-state index contributed by atoms with van der Waals surface area (Å²) in [5.41, 5.74) is -1.45. The predicted octanol–water partition coefficient (Wildman–Crippen LogP) is -2.17. The van der Waals surface area contributed by atoms with E-state index in [0.29, 0.717) is 0 Å². The summed E-state index contributed by atoms with van der Waals surface area (Å²) >= 11 is 0. The Bertz CT molecular complexity index is 179. The van der Waals surface area contributed by atoms with Crippen LogP contribution in [0, 0.1) is 5.92 Å². The molecule has 0 aromatic heterocycles. The molecule has 5 nitrogen and oxygen atoms in total. The summed E-state index contributed by atoms with van der Waals surface area (Å²) in [5.74, 6) is -0.589. The molecule has 13 heavy (non-hydrogen) atoms. The van der Waals surface area contributed by atoms with E-state index in [9.17, 15) is 20.4 Å². The predicted molar refractivity (Wildman–Crippen MR) is 43.8 cm³/mol. The standard InChI is InChI=1S/C8H16O5/c1-8(13)2-4(3-9)5(10)6(11)7(8)12/h4-7,9-13H,2-3H2,1H3/t4-,5?,6?,7?,8+/m1/s1. The summed E-state index contributed by atoms with van der Waals surface area (Å²) in [6.45, 7) is 1.05. The number of hydrogen-bond donors (Lipinski definition) is 5. The van der Waals surface area contributed by atoms with Crippen molar-refractivity contribution in [3.63, 3.8) is 0 Å². The SMILES string of the molecule is C[C@]1(O)C[C@H](CO)C(O)C(O)C1O. The van der Waals surface area contributed by atoms with Crippen LogP contribution in [0.25, 0.3) is 0 Å². The molecule has 0 amide bonds. The van der Waals surface area contributed by atoms with Gasteiger partial charge in [0, 0.05) is 12.5 Å². The molecule has 3 unspecified atom stereocenters. The van der Waals surface area contributed by atoms with Crippen molar-refractivity contribution in [1.29, 1.82) is 0 Å². The first-order valence-corrected chi connectivity index (χ1v) is 4.27. The van der Waals surface area contributed by atoms with E-state index in [2.05, 4.69) is 0 Å². The van der Waals surface area contributed by atoms with Gasteiger partial charge < -0.3 is 25.5 Å². The average Bonchev–Trinajstić information content (AvgIpc) is 2.08. The van der Waals surface area contributed by atoms with Gasteiger partial charge in [-0.25, -0.2) is 0 Å². The molecule has 0 saturated heterocycles. The first-order chi connectivity index (χ1) is 5.90. The third-order valence-electron chi connectivity index (χ3n) is 2.70. The van der Waals surface area contributed by atoms with Gasteiger partial charge >= 0.3 is 0 Å². The molecule has 5 atom stereocenters. The van der Waals surface area contributed by atoms with E-state index in [-0.39, 0.29) is 13.0 Å². The monoisotopic (exact) mass is 192 g/mol. The molecule has 0 heterocycles. The van der Waals surface area contributed by atoms with E-state index >= 15 is 0 Å². The Hall–Kier alpha value is -0.200. The summed E-state index contributed by atoms with van der Waals surface area (Å²) in [6.07, 6.45) is -3.88. The van der Waals surface area contributed by atoms with Gasteiger partial charge in [-0.3, -0.25) is 0 Å². The van der Waals surface area contributed by atoms with Gasteiger partial charge in [0.1, 0.15) is 12.2 Å². The van der Waals surface area contributed by atoms with Crippen molar-refractivity contribution in [2.45, 2.75) is 37.3 Å². The van der Waals surface area contributed by atoms with Crippen molar-refractivity contribution in [3.05, 3.63) is 0 Å². The summed E-state index contributed by atoms with van der Waals surface area (Å²) in [4.78, 5) is 0. The zero-order valence-electron chi connectivity index (χ0n) is 7.46. The summed E-state index contributed by atoms with van der Waals surface area (Å²) in [5, 5.41) is 46.5. The zero-order chi connectivity index (χ0) is 10.2. The molecular weight excluding hydrogens is 176 g/mol. The Morgan fingerprint density at radius 2 is 1.77 bits per heavy atom. The van der Waals surface area contributed by atoms with Crippen molar-refractivity contribution < 1.29 is 25.5 Å². The highest BCUT2D eigenvalue weighted by Crippen LogP contribution is 2.32. The van der Waals surface area contributed by atoms with Crippen LogP contribution in [0.2, 0.25) is 0 Å². The van der Waals surface area contributed by atoms with Crippen LogP contribution in [0.1, 0.15) is 13.3 Å². The highest BCUT2D eigenvalue weighted by molar-refractivity contribution is 4.99. The van der Waals surface area contributed by atoms with Crippen LogP contribution in [0.4, 0.5) is 0 Å². The minimum absolute atomic E-state index is 0.0723. The normalized spacial score (nSPS) is 52.2. The van der Waals surface area contributed by atoms with Crippen molar-refractivity contribution in [3.8, 4) is 0 Å². The van der Waals surface area contributed by atoms with Gasteiger partial charge in [-0.15, -0.1) is 0 Å². The average molecular weight is 192 g/mol. The smallest absolute Gasteiger partial charge is 0.111 e. The fourth-order valence-electron chi connectivity index (χ4n) is 1.78. The second kappa shape index (κ2) is 3.51. The Morgan fingerprint density at radius 3 is 2.23 bits per heavy atom. The number of aliphatic hydroxyl groups is 5. The highest BCUT2D eigenvalue weighted by Gasteiger charge is 2.48. The Balaban J connectivity index is 2.79. The van der Waals surface area contributed by atoms with Crippen LogP contribution in [-0.2, 0) is 0 Å². The Morgan fingerprint density at radius 1 is 1.23 bits per heavy atom. The lowest BCUT2D eigenvalue weighted by Crippen LogP contribution is -2.60. The molecule has 1 rings (SSSR count). The Kier molecular flexibility index (Phi) is 2.94. The molecule has 0 aromatic rings. The number of hydrogen-bond acceptors (Lipinski definition) is 5. The van der Waals surface area contributed by atoms with Gasteiger partial charge in [0.15, 0.2) is 0 Å². The Labute approximate surface area is 76.3 Å². The topological polar surface area (TPSA) is 101 Å². The molecule has 0 aromatic carbocycles. The molecular formula is C8H16O5. The minimum Gasteiger partial charge on any atom is -0.396 e. The molecule has 1 fully saturated rings. The summed E-state index contributed by atoms with van der Waals surface area (Å²) in [7, 11) is 0. The molecule has 1 aliphatic rings. The van der Waals surface area contributed by atoms with Crippen LogP contribution in [-0.4, -0.2) is 56.1 Å². The van der Waals surface area contributed by atoms with E-state index in [1.54, 1.807) is 0 Å². The second-order valence-electron chi connectivity index (χ2n) is 3.93. The molecule has 0 radical (unpaired) electrons. The van der Waals surface area contributed by atoms with E-state index < -0.39 is 29.8 Å². The number of aliphatic hydroxyl groups excluding tert-OH is 4. The molecule has 5 heteroatoms. The summed E-state index contributed by atoms with van der Waals surface area (Å²) in [6, 6.07) is 0. The van der Waals surface area contributed by atoms with Crippen LogP contribution in [0.3, 0.4) is 0 Å².